The minimum atomic E-state index is -0.0589. The third-order valence-corrected chi connectivity index (χ3v) is 4.80. The Labute approximate surface area is 146 Å². The van der Waals surface area contributed by atoms with E-state index < -0.39 is 0 Å². The van der Waals surface area contributed by atoms with Gasteiger partial charge in [-0.15, -0.1) is 0 Å². The molecule has 0 spiro atoms. The number of ether oxygens (including phenoxy) is 2. The Balaban J connectivity index is 1.53. The number of nitrogens with zero attached hydrogens (tertiary/aromatic N) is 4. The fraction of sp³-hybridized carbons (Fsp3) is 0.444. The van der Waals surface area contributed by atoms with Crippen molar-refractivity contribution in [2.45, 2.75) is 26.1 Å². The molecule has 4 rings (SSSR count). The van der Waals surface area contributed by atoms with Crippen LogP contribution in [0.25, 0.3) is 0 Å². The molecule has 1 unspecified atom stereocenters. The topological polar surface area (TPSA) is 59.8 Å². The van der Waals surface area contributed by atoms with Crippen molar-refractivity contribution >= 4 is 5.91 Å². The van der Waals surface area contributed by atoms with Gasteiger partial charge in [-0.25, -0.2) is 4.98 Å². The van der Waals surface area contributed by atoms with Crippen LogP contribution in [0.1, 0.15) is 34.8 Å². The summed E-state index contributed by atoms with van der Waals surface area (Å²) in [5, 5.41) is 0. The largest absolute Gasteiger partial charge is 0.454 e. The third-order valence-electron chi connectivity index (χ3n) is 4.80. The van der Waals surface area contributed by atoms with Gasteiger partial charge in [0.15, 0.2) is 11.5 Å². The van der Waals surface area contributed by atoms with Gasteiger partial charge in [0.2, 0.25) is 6.79 Å². The number of carbonyl (C=O) groups excluding carboxylic acids is 1. The number of carbonyl (C=O) groups is 1. The van der Waals surface area contributed by atoms with Gasteiger partial charge in [0.1, 0.15) is 11.5 Å². The zero-order valence-electron chi connectivity index (χ0n) is 14.7. The predicted molar refractivity (Wildman–Crippen MR) is 91.6 cm³/mol. The maximum Gasteiger partial charge on any atom is 0.273 e. The van der Waals surface area contributed by atoms with Crippen LogP contribution >= 0.6 is 0 Å². The Morgan fingerprint density at radius 3 is 2.88 bits per heavy atom. The molecule has 2 aliphatic rings. The van der Waals surface area contributed by atoms with Crippen molar-refractivity contribution in [2.24, 2.45) is 0 Å². The van der Waals surface area contributed by atoms with Crippen LogP contribution in [0.2, 0.25) is 0 Å². The summed E-state index contributed by atoms with van der Waals surface area (Å²) >= 11 is 0. The van der Waals surface area contributed by atoms with Crippen LogP contribution < -0.4 is 9.47 Å². The van der Waals surface area contributed by atoms with E-state index in [4.69, 9.17) is 9.47 Å². The number of aromatic nitrogens is 2. The van der Waals surface area contributed by atoms with E-state index in [2.05, 4.69) is 27.4 Å². The zero-order valence-corrected chi connectivity index (χ0v) is 14.7. The highest BCUT2D eigenvalue weighted by molar-refractivity contribution is 5.91. The number of hydrogen-bond donors (Lipinski definition) is 0. The van der Waals surface area contributed by atoms with Crippen molar-refractivity contribution in [3.63, 3.8) is 0 Å². The van der Waals surface area contributed by atoms with Crippen molar-refractivity contribution in [1.82, 2.24) is 19.4 Å². The summed E-state index contributed by atoms with van der Waals surface area (Å²) in [5.74, 6) is 2.49. The van der Waals surface area contributed by atoms with Gasteiger partial charge in [0.05, 0.1) is 6.04 Å². The minimum absolute atomic E-state index is 0.0589. The maximum absolute atomic E-state index is 12.2. The first kappa shape index (κ1) is 16.0. The number of imidazole rings is 1. The summed E-state index contributed by atoms with van der Waals surface area (Å²) in [4.78, 5) is 20.7. The average molecular weight is 342 g/mol. The first-order valence-electron chi connectivity index (χ1n) is 8.44. The molecule has 1 amide bonds. The van der Waals surface area contributed by atoms with E-state index in [1.807, 2.05) is 18.3 Å². The molecule has 1 aromatic heterocycles. The van der Waals surface area contributed by atoms with E-state index >= 15 is 0 Å². The molecule has 0 radical (unpaired) electrons. The van der Waals surface area contributed by atoms with Gasteiger partial charge in [-0.2, -0.15) is 0 Å². The lowest BCUT2D eigenvalue weighted by atomic mass is 10.1. The lowest BCUT2D eigenvalue weighted by molar-refractivity contribution is 0.0822. The summed E-state index contributed by atoms with van der Waals surface area (Å²) in [6.45, 7) is 4.97. The van der Waals surface area contributed by atoms with Crippen molar-refractivity contribution in [3.05, 3.63) is 41.5 Å². The second kappa shape index (κ2) is 6.07. The molecule has 7 heteroatoms. The quantitative estimate of drug-likeness (QED) is 0.852. The van der Waals surface area contributed by atoms with Gasteiger partial charge < -0.3 is 18.9 Å². The van der Waals surface area contributed by atoms with E-state index in [1.165, 1.54) is 5.56 Å². The van der Waals surface area contributed by atoms with Crippen molar-refractivity contribution < 1.29 is 14.3 Å². The normalized spacial score (nSPS) is 18.9. The van der Waals surface area contributed by atoms with Crippen LogP contribution in [0, 0.1) is 0 Å². The lowest BCUT2D eigenvalue weighted by Gasteiger charge is -2.33. The van der Waals surface area contributed by atoms with Gasteiger partial charge in [-0.3, -0.25) is 9.69 Å². The molecule has 3 heterocycles. The first-order chi connectivity index (χ1) is 12.0. The van der Waals surface area contributed by atoms with E-state index in [9.17, 15) is 4.79 Å². The number of benzene rings is 1. The Hall–Kier alpha value is -2.54. The molecule has 0 fully saturated rings. The van der Waals surface area contributed by atoms with Crippen LogP contribution in [0.4, 0.5) is 0 Å². The summed E-state index contributed by atoms with van der Waals surface area (Å²) in [7, 11) is 3.49. The summed E-state index contributed by atoms with van der Waals surface area (Å²) < 4.78 is 12.9. The molecular formula is C18H22N4O3. The highest BCUT2D eigenvalue weighted by Crippen LogP contribution is 2.34. The minimum Gasteiger partial charge on any atom is -0.454 e. The lowest BCUT2D eigenvalue weighted by Crippen LogP contribution is -2.36. The molecule has 0 saturated carbocycles. The maximum atomic E-state index is 12.2. The Bertz CT molecular complexity index is 815. The van der Waals surface area contributed by atoms with E-state index in [-0.39, 0.29) is 11.9 Å². The van der Waals surface area contributed by atoms with Crippen LogP contribution in [-0.2, 0) is 13.1 Å². The number of hydrogen-bond acceptors (Lipinski definition) is 5. The molecule has 0 saturated heterocycles. The van der Waals surface area contributed by atoms with Gasteiger partial charge in [-0.1, -0.05) is 6.07 Å². The van der Waals surface area contributed by atoms with Gasteiger partial charge in [0, 0.05) is 39.9 Å². The van der Waals surface area contributed by atoms with Crippen LogP contribution in [0.3, 0.4) is 0 Å². The second-order valence-electron chi connectivity index (χ2n) is 6.71. The second-order valence-corrected chi connectivity index (χ2v) is 6.71. The standard InChI is InChI=1S/C18H22N4O3/c1-12-17-19-14(18(23)20(2)3)10-22(17)7-6-21(12)9-13-4-5-15-16(8-13)25-11-24-15/h4-5,8,10,12H,6-7,9,11H2,1-3H3. The molecule has 7 nitrogen and oxygen atoms in total. The van der Waals surface area contributed by atoms with Crippen molar-refractivity contribution in [2.75, 3.05) is 27.4 Å². The van der Waals surface area contributed by atoms with Crippen LogP contribution in [-0.4, -0.2) is 52.7 Å². The fourth-order valence-electron chi connectivity index (χ4n) is 3.36. The number of fused-ring (bicyclic) bond motifs is 2. The highest BCUT2D eigenvalue weighted by atomic mass is 16.7. The first-order valence-corrected chi connectivity index (χ1v) is 8.44. The van der Waals surface area contributed by atoms with E-state index in [0.29, 0.717) is 12.5 Å². The highest BCUT2D eigenvalue weighted by Gasteiger charge is 2.28. The van der Waals surface area contributed by atoms with Crippen LogP contribution in [0.5, 0.6) is 11.5 Å². The molecule has 0 aliphatic carbocycles. The Morgan fingerprint density at radius 1 is 1.28 bits per heavy atom. The Morgan fingerprint density at radius 2 is 2.08 bits per heavy atom. The molecule has 2 aliphatic heterocycles. The monoisotopic (exact) mass is 342 g/mol. The van der Waals surface area contributed by atoms with E-state index in [1.54, 1.807) is 19.0 Å². The molecule has 0 N–H and O–H groups in total. The smallest absolute Gasteiger partial charge is 0.273 e. The predicted octanol–water partition coefficient (Wildman–Crippen LogP) is 1.89. The average Bonchev–Trinajstić information content (AvgIpc) is 3.23. The summed E-state index contributed by atoms with van der Waals surface area (Å²) in [5.41, 5.74) is 1.69. The van der Waals surface area contributed by atoms with Crippen molar-refractivity contribution in [3.8, 4) is 11.5 Å². The molecule has 0 bridgehead atoms. The zero-order chi connectivity index (χ0) is 17.6. The summed E-state index contributed by atoms with van der Waals surface area (Å²) in [6.07, 6.45) is 1.87. The molecular weight excluding hydrogens is 320 g/mol. The van der Waals surface area contributed by atoms with Gasteiger partial charge in [0.25, 0.3) is 5.91 Å². The summed E-state index contributed by atoms with van der Waals surface area (Å²) in [6, 6.07) is 6.21. The number of amides is 1. The molecule has 132 valence electrons. The molecule has 1 atom stereocenters. The van der Waals surface area contributed by atoms with Crippen LogP contribution in [0.15, 0.2) is 24.4 Å². The van der Waals surface area contributed by atoms with Crippen molar-refractivity contribution in [1.29, 1.82) is 0 Å². The van der Waals surface area contributed by atoms with E-state index in [0.717, 1.165) is 37.0 Å². The SMILES string of the molecule is CC1c2nc(C(=O)N(C)C)cn2CCN1Cc1ccc2c(c1)OCO2. The molecule has 1 aromatic carbocycles. The fourth-order valence-corrected chi connectivity index (χ4v) is 3.36. The third kappa shape index (κ3) is 2.84. The van der Waals surface area contributed by atoms with Gasteiger partial charge >= 0.3 is 0 Å². The molecule has 25 heavy (non-hydrogen) atoms. The molecule has 2 aromatic rings. The number of rotatable bonds is 3. The van der Waals surface area contributed by atoms with Gasteiger partial charge in [-0.05, 0) is 24.6 Å². The Kier molecular flexibility index (Phi) is 3.88.